The molecule has 0 bridgehead atoms. The molecule has 0 aromatic heterocycles. The first-order chi connectivity index (χ1) is 22.0. The van der Waals surface area contributed by atoms with Crippen LogP contribution < -0.4 is 11.2 Å². The third-order valence-electron chi connectivity index (χ3n) is 10.5. The summed E-state index contributed by atoms with van der Waals surface area (Å²) in [6.45, 7) is 5.50. The number of likely N-dealkylation sites (tertiary alicyclic amines) is 1. The van der Waals surface area contributed by atoms with Crippen LogP contribution in [0.25, 0.3) is 0 Å². The number of benzene rings is 3. The molecule has 1 saturated carbocycles. The number of nitrogens with two attached hydrogens (primary N) is 1. The lowest BCUT2D eigenvalue weighted by Crippen LogP contribution is -2.53. The second-order valence-corrected chi connectivity index (χ2v) is 12.9. The molecule has 46 heavy (non-hydrogen) atoms. The van der Waals surface area contributed by atoms with E-state index < -0.39 is 64.7 Å². The summed E-state index contributed by atoms with van der Waals surface area (Å²) in [6, 6.07) is 19.1. The zero-order chi connectivity index (χ0) is 32.7. The molecule has 10 heteroatoms. The van der Waals surface area contributed by atoms with Gasteiger partial charge in [0.1, 0.15) is 5.75 Å². The highest BCUT2D eigenvalue weighted by Crippen LogP contribution is 2.64. The average molecular weight is 619 g/mol. The van der Waals surface area contributed by atoms with Crippen LogP contribution in [0.5, 0.6) is 5.75 Å². The van der Waals surface area contributed by atoms with Gasteiger partial charge in [-0.15, -0.1) is 0 Å². The molecule has 6 atom stereocenters. The lowest BCUT2D eigenvalue weighted by atomic mass is 9.49. The van der Waals surface area contributed by atoms with E-state index in [1.807, 2.05) is 67.6 Å². The van der Waals surface area contributed by atoms with Gasteiger partial charge < -0.3 is 10.8 Å². The Hall–Kier alpha value is -5.25. The summed E-state index contributed by atoms with van der Waals surface area (Å²) in [5.41, 5.74) is 12.0. The number of rotatable bonds is 4. The first kappa shape index (κ1) is 29.5. The third-order valence-corrected chi connectivity index (χ3v) is 10.5. The van der Waals surface area contributed by atoms with E-state index in [4.69, 9.17) is 5.73 Å². The fraction of sp³-hybridized carbons (Fsp3) is 0.306. The number of hydrazine groups is 1. The summed E-state index contributed by atoms with van der Waals surface area (Å²) in [7, 11) is 0. The molecule has 6 unspecified atom stereocenters. The zero-order valence-corrected chi connectivity index (χ0v) is 25.7. The minimum Gasteiger partial charge on any atom is -0.507 e. The summed E-state index contributed by atoms with van der Waals surface area (Å²) >= 11 is 0. The van der Waals surface area contributed by atoms with Crippen molar-refractivity contribution in [2.45, 2.75) is 44.9 Å². The molecule has 0 spiro atoms. The number of hydrogen-bond acceptors (Lipinski definition) is 7. The molecule has 7 rings (SSSR count). The van der Waals surface area contributed by atoms with Crippen LogP contribution in [0.3, 0.4) is 0 Å². The van der Waals surface area contributed by atoms with E-state index in [-0.39, 0.29) is 18.6 Å². The number of phenolic OH excluding ortho intramolecular Hbond substituents is 1. The van der Waals surface area contributed by atoms with Gasteiger partial charge in [-0.2, -0.15) is 9.91 Å². The highest BCUT2D eigenvalue weighted by atomic mass is 16.3. The van der Waals surface area contributed by atoms with Crippen LogP contribution in [0.2, 0.25) is 0 Å². The van der Waals surface area contributed by atoms with Crippen LogP contribution in [0.15, 0.2) is 78.4 Å². The number of hydrogen-bond donors (Lipinski definition) is 3. The van der Waals surface area contributed by atoms with Crippen LogP contribution in [-0.2, 0) is 24.6 Å². The molecule has 2 saturated heterocycles. The lowest BCUT2D eigenvalue weighted by molar-refractivity contribution is -0.139. The Bertz CT molecular complexity index is 1850. The van der Waals surface area contributed by atoms with Gasteiger partial charge >= 0.3 is 6.03 Å². The number of imide groups is 4. The smallest absolute Gasteiger partial charge is 0.328 e. The Balaban J connectivity index is 1.47. The standard InChI is InChI=1S/C36H34N4O6/c1-18-9-11-23(12-10-18)38-40-32(43)27-17-26-24(13-14-25-28(26)33(44)39(31(25)42)35(37)46)29(21-15-19(2)30(41)20(3)16-21)36(27,34(40)45)22-7-5-4-6-8-22/h4-13,15-16,25-29,38,41H,14,17H2,1-3H3,(H2,37,46). The quantitative estimate of drug-likeness (QED) is 0.290. The predicted octanol–water partition coefficient (Wildman–Crippen LogP) is 4.38. The Kier molecular flexibility index (Phi) is 6.66. The molecule has 10 nitrogen and oxygen atoms in total. The van der Waals surface area contributed by atoms with Crippen LogP contribution in [0, 0.1) is 44.4 Å². The molecule has 234 valence electrons. The van der Waals surface area contributed by atoms with Crippen molar-refractivity contribution >= 4 is 35.3 Å². The maximum absolute atomic E-state index is 15.1. The maximum atomic E-state index is 15.1. The molecule has 0 radical (unpaired) electrons. The largest absolute Gasteiger partial charge is 0.507 e. The molecule has 2 aliphatic carbocycles. The van der Waals surface area contributed by atoms with E-state index in [2.05, 4.69) is 5.43 Å². The summed E-state index contributed by atoms with van der Waals surface area (Å²) in [5, 5.41) is 11.8. The summed E-state index contributed by atoms with van der Waals surface area (Å²) in [4.78, 5) is 69.4. The molecule has 6 amide bonds. The van der Waals surface area contributed by atoms with Gasteiger partial charge in [-0.05, 0) is 73.9 Å². The van der Waals surface area contributed by atoms with Crippen LogP contribution in [-0.4, -0.2) is 44.7 Å². The number of aryl methyl sites for hydroxylation is 3. The fourth-order valence-corrected chi connectivity index (χ4v) is 8.50. The van der Waals surface area contributed by atoms with Crippen LogP contribution in [0.4, 0.5) is 10.5 Å². The van der Waals surface area contributed by atoms with Gasteiger partial charge in [0, 0.05) is 5.92 Å². The lowest BCUT2D eigenvalue weighted by Gasteiger charge is -2.50. The van der Waals surface area contributed by atoms with Gasteiger partial charge in [-0.1, -0.05) is 71.8 Å². The topological polar surface area (TPSA) is 150 Å². The first-order valence-corrected chi connectivity index (χ1v) is 15.4. The van der Waals surface area contributed by atoms with E-state index in [1.165, 1.54) is 0 Å². The molecular weight excluding hydrogens is 584 g/mol. The number of amides is 6. The molecule has 2 heterocycles. The van der Waals surface area contributed by atoms with Crippen molar-refractivity contribution in [3.63, 3.8) is 0 Å². The van der Waals surface area contributed by atoms with Gasteiger partial charge in [0.05, 0.1) is 28.9 Å². The Labute approximate surface area is 265 Å². The zero-order valence-electron chi connectivity index (χ0n) is 25.7. The Morgan fingerprint density at radius 2 is 1.54 bits per heavy atom. The molecule has 3 fully saturated rings. The van der Waals surface area contributed by atoms with E-state index in [1.54, 1.807) is 26.0 Å². The normalized spacial score (nSPS) is 28.5. The van der Waals surface area contributed by atoms with Crippen molar-refractivity contribution < 1.29 is 29.1 Å². The van der Waals surface area contributed by atoms with E-state index >= 15 is 4.79 Å². The number of phenols is 1. The van der Waals surface area contributed by atoms with E-state index in [9.17, 15) is 24.3 Å². The second-order valence-electron chi connectivity index (χ2n) is 12.9. The summed E-state index contributed by atoms with van der Waals surface area (Å²) in [6.07, 6.45) is 2.20. The third kappa shape index (κ3) is 3.98. The number of allylic oxidation sites excluding steroid dienone is 2. The number of nitrogens with one attached hydrogen (secondary N) is 1. The number of urea groups is 1. The summed E-state index contributed by atoms with van der Waals surface area (Å²) < 4.78 is 0. The average Bonchev–Trinajstić information content (AvgIpc) is 3.42. The number of carbonyl (C=O) groups is 5. The van der Waals surface area contributed by atoms with Crippen LogP contribution in [0.1, 0.15) is 46.6 Å². The Morgan fingerprint density at radius 3 is 2.17 bits per heavy atom. The molecular formula is C36H34N4O6. The SMILES string of the molecule is Cc1ccc(NN2C(=O)C3CC4C(=CCC5C(=O)N(C(N)=O)C(=O)C54)C(c4cc(C)c(O)c(C)c4)C3(c3ccccc3)C2=O)cc1. The van der Waals surface area contributed by atoms with Crippen molar-refractivity contribution in [1.82, 2.24) is 9.91 Å². The maximum Gasteiger partial charge on any atom is 0.328 e. The number of primary amides is 1. The molecule has 2 aliphatic heterocycles. The highest BCUT2D eigenvalue weighted by molar-refractivity contribution is 6.17. The van der Waals surface area contributed by atoms with E-state index in [0.717, 1.165) is 16.1 Å². The van der Waals surface area contributed by atoms with Crippen molar-refractivity contribution in [2.75, 3.05) is 5.43 Å². The minimum absolute atomic E-state index is 0.108. The Morgan fingerprint density at radius 1 is 0.891 bits per heavy atom. The highest BCUT2D eigenvalue weighted by Gasteiger charge is 2.70. The van der Waals surface area contributed by atoms with Gasteiger partial charge in [0.25, 0.3) is 11.8 Å². The van der Waals surface area contributed by atoms with Crippen molar-refractivity contribution in [1.29, 1.82) is 0 Å². The number of carbonyl (C=O) groups excluding carboxylic acids is 5. The monoisotopic (exact) mass is 618 g/mol. The number of nitrogens with zero attached hydrogens (tertiary/aromatic N) is 2. The minimum atomic E-state index is -1.42. The summed E-state index contributed by atoms with van der Waals surface area (Å²) in [5.74, 6) is -6.03. The first-order valence-electron chi connectivity index (χ1n) is 15.4. The molecule has 4 N–H and O–H groups in total. The second kappa shape index (κ2) is 10.4. The van der Waals surface area contributed by atoms with Gasteiger partial charge in [-0.3, -0.25) is 24.6 Å². The van der Waals surface area contributed by atoms with E-state index in [0.29, 0.717) is 32.8 Å². The molecule has 3 aromatic carbocycles. The number of anilines is 1. The van der Waals surface area contributed by atoms with Gasteiger partial charge in [0.15, 0.2) is 0 Å². The van der Waals surface area contributed by atoms with Crippen LogP contribution >= 0.6 is 0 Å². The number of fused-ring (bicyclic) bond motifs is 4. The number of aromatic hydroxyl groups is 1. The fourth-order valence-electron chi connectivity index (χ4n) is 8.50. The predicted molar refractivity (Wildman–Crippen MR) is 168 cm³/mol. The van der Waals surface area contributed by atoms with Gasteiger partial charge in [-0.25, -0.2) is 4.79 Å². The molecule has 4 aliphatic rings. The molecule has 3 aromatic rings. The van der Waals surface area contributed by atoms with Crippen molar-refractivity contribution in [2.24, 2.45) is 29.4 Å². The van der Waals surface area contributed by atoms with Gasteiger partial charge in [0.2, 0.25) is 11.8 Å². The van der Waals surface area contributed by atoms with Crippen molar-refractivity contribution in [3.8, 4) is 5.75 Å². The van der Waals surface area contributed by atoms with Crippen molar-refractivity contribution in [3.05, 3.63) is 106 Å².